The van der Waals surface area contributed by atoms with Crippen molar-refractivity contribution in [3.63, 3.8) is 0 Å². The highest BCUT2D eigenvalue weighted by molar-refractivity contribution is 6.08. The number of aliphatic hydroxyl groups is 1. The van der Waals surface area contributed by atoms with Crippen molar-refractivity contribution >= 4 is 17.7 Å². The number of rotatable bonds is 4. The Morgan fingerprint density at radius 1 is 1.32 bits per heavy atom. The Morgan fingerprint density at radius 3 is 2.41 bits per heavy atom. The number of hydrogen-bond donors (Lipinski definition) is 1. The molecule has 1 aliphatic heterocycles. The van der Waals surface area contributed by atoms with Gasteiger partial charge in [0.2, 0.25) is 0 Å². The first-order valence-electron chi connectivity index (χ1n) is 6.44. The summed E-state index contributed by atoms with van der Waals surface area (Å²) in [6.07, 6.45) is 0. The summed E-state index contributed by atoms with van der Waals surface area (Å²) in [5, 5.41) is 9.91. The molecule has 7 heteroatoms. The minimum Gasteiger partial charge on any atom is -0.503 e. The van der Waals surface area contributed by atoms with Gasteiger partial charge >= 0.3 is 5.97 Å². The van der Waals surface area contributed by atoms with Crippen molar-refractivity contribution in [1.82, 2.24) is 4.90 Å². The summed E-state index contributed by atoms with van der Waals surface area (Å²) in [5.74, 6) is -3.23. The zero-order chi connectivity index (χ0) is 16.4. The number of hydrogen-bond acceptors (Lipinski definition) is 5. The third-order valence-electron chi connectivity index (χ3n) is 3.40. The Hall–Kier alpha value is -2.70. The van der Waals surface area contributed by atoms with Crippen LogP contribution in [-0.4, -0.2) is 41.3 Å². The van der Waals surface area contributed by atoms with Crippen molar-refractivity contribution in [1.29, 1.82) is 0 Å². The number of ether oxygens (including phenoxy) is 1. The van der Waals surface area contributed by atoms with Gasteiger partial charge in [0.15, 0.2) is 11.5 Å². The zero-order valence-electron chi connectivity index (χ0n) is 12.0. The minimum atomic E-state index is -0.954. The first-order valence-corrected chi connectivity index (χ1v) is 6.44. The third-order valence-corrected chi connectivity index (χ3v) is 3.40. The van der Waals surface area contributed by atoms with Crippen molar-refractivity contribution in [2.24, 2.45) is 0 Å². The van der Waals surface area contributed by atoms with E-state index in [2.05, 4.69) is 4.74 Å². The van der Waals surface area contributed by atoms with Gasteiger partial charge in [0, 0.05) is 0 Å². The van der Waals surface area contributed by atoms with Gasteiger partial charge in [0.25, 0.3) is 5.91 Å². The maximum Gasteiger partial charge on any atom is 0.325 e. The van der Waals surface area contributed by atoms with Crippen molar-refractivity contribution in [3.05, 3.63) is 47.0 Å². The monoisotopic (exact) mass is 307 g/mol. The second-order valence-corrected chi connectivity index (χ2v) is 4.78. The van der Waals surface area contributed by atoms with Crippen molar-refractivity contribution in [2.75, 3.05) is 13.7 Å². The molecule has 1 N–H and O–H groups in total. The molecule has 1 aromatic rings. The summed E-state index contributed by atoms with van der Waals surface area (Å²) in [7, 11) is 1.16. The molecule has 0 unspecified atom stereocenters. The fourth-order valence-electron chi connectivity index (χ4n) is 2.37. The number of halogens is 1. The Labute approximate surface area is 125 Å². The van der Waals surface area contributed by atoms with Crippen LogP contribution in [0.3, 0.4) is 0 Å². The number of esters is 1. The summed E-state index contributed by atoms with van der Waals surface area (Å²) in [5.41, 5.74) is 0.286. The summed E-state index contributed by atoms with van der Waals surface area (Å²) in [6, 6.07) is 4.16. The molecule has 0 saturated carbocycles. The first-order chi connectivity index (χ1) is 10.4. The predicted octanol–water partition coefficient (Wildman–Crippen LogP) is 1.28. The normalized spacial score (nSPS) is 17.9. The van der Waals surface area contributed by atoms with Crippen LogP contribution in [0, 0.1) is 5.82 Å². The number of amides is 1. The van der Waals surface area contributed by atoms with E-state index in [1.165, 1.54) is 31.2 Å². The van der Waals surface area contributed by atoms with E-state index >= 15 is 0 Å². The van der Waals surface area contributed by atoms with Crippen LogP contribution in [0.5, 0.6) is 0 Å². The number of benzene rings is 1. The predicted molar refractivity (Wildman–Crippen MR) is 73.2 cm³/mol. The quantitative estimate of drug-likeness (QED) is 0.847. The molecular weight excluding hydrogens is 293 g/mol. The highest BCUT2D eigenvalue weighted by Gasteiger charge is 2.43. The van der Waals surface area contributed by atoms with E-state index in [1.54, 1.807) is 0 Å². The van der Waals surface area contributed by atoms with Crippen LogP contribution in [0.15, 0.2) is 35.6 Å². The highest BCUT2D eigenvalue weighted by Crippen LogP contribution is 2.37. The lowest BCUT2D eigenvalue weighted by Crippen LogP contribution is -2.36. The highest BCUT2D eigenvalue weighted by atomic mass is 19.1. The Kier molecular flexibility index (Phi) is 4.25. The number of nitrogens with zero attached hydrogens (tertiary/aromatic N) is 1. The van der Waals surface area contributed by atoms with Crippen LogP contribution in [0.4, 0.5) is 4.39 Å². The van der Waals surface area contributed by atoms with Crippen LogP contribution in [0.2, 0.25) is 0 Å². The molecule has 0 spiro atoms. The zero-order valence-corrected chi connectivity index (χ0v) is 12.0. The summed E-state index contributed by atoms with van der Waals surface area (Å²) >= 11 is 0. The van der Waals surface area contributed by atoms with E-state index in [4.69, 9.17) is 0 Å². The Morgan fingerprint density at radius 2 is 1.91 bits per heavy atom. The largest absolute Gasteiger partial charge is 0.503 e. The molecule has 116 valence electrons. The maximum absolute atomic E-state index is 13.1. The molecule has 22 heavy (non-hydrogen) atoms. The smallest absolute Gasteiger partial charge is 0.325 e. The third kappa shape index (κ3) is 2.69. The average molecular weight is 307 g/mol. The van der Waals surface area contributed by atoms with Gasteiger partial charge in [-0.25, -0.2) is 4.39 Å². The number of aliphatic hydroxyl groups excluding tert-OH is 1. The summed E-state index contributed by atoms with van der Waals surface area (Å²) in [6.45, 7) is 0.773. The lowest BCUT2D eigenvalue weighted by atomic mass is 9.97. The van der Waals surface area contributed by atoms with Gasteiger partial charge in [-0.05, 0) is 24.6 Å². The fourth-order valence-corrected chi connectivity index (χ4v) is 2.37. The molecule has 6 nitrogen and oxygen atoms in total. The lowest BCUT2D eigenvalue weighted by Gasteiger charge is -2.25. The van der Waals surface area contributed by atoms with E-state index in [9.17, 15) is 23.9 Å². The van der Waals surface area contributed by atoms with E-state index in [1.807, 2.05) is 0 Å². The van der Waals surface area contributed by atoms with Gasteiger partial charge < -0.3 is 14.7 Å². The number of methoxy groups -OCH3 is 1. The molecule has 1 heterocycles. The van der Waals surface area contributed by atoms with Crippen molar-refractivity contribution < 1.29 is 28.6 Å². The van der Waals surface area contributed by atoms with Gasteiger partial charge in [-0.1, -0.05) is 12.1 Å². The molecule has 0 radical (unpaired) electrons. The van der Waals surface area contributed by atoms with Gasteiger partial charge in [0.05, 0.1) is 18.7 Å². The molecular formula is C15H14FNO5. The Balaban J connectivity index is 2.50. The van der Waals surface area contributed by atoms with E-state index in [0.717, 1.165) is 12.0 Å². The molecule has 0 aliphatic carbocycles. The molecule has 1 atom stereocenters. The SMILES string of the molecule is COC(=O)CN1C(=O)C(O)=C(C(C)=O)[C@@H]1c1ccc(F)cc1. The van der Waals surface area contributed by atoms with Crippen LogP contribution >= 0.6 is 0 Å². The molecule has 0 aromatic heterocycles. The number of carbonyl (C=O) groups excluding carboxylic acids is 3. The standard InChI is InChI=1S/C15H14FNO5/c1-8(18)12-13(9-3-5-10(16)6-4-9)17(7-11(19)22-2)15(21)14(12)20/h3-6,13,20H,7H2,1-2H3/t13-/m0/s1. The summed E-state index contributed by atoms with van der Waals surface area (Å²) < 4.78 is 17.6. The van der Waals surface area contributed by atoms with E-state index < -0.39 is 41.8 Å². The van der Waals surface area contributed by atoms with Gasteiger partial charge in [0.1, 0.15) is 12.4 Å². The van der Waals surface area contributed by atoms with Crippen LogP contribution < -0.4 is 0 Å². The van der Waals surface area contributed by atoms with Crippen molar-refractivity contribution in [2.45, 2.75) is 13.0 Å². The average Bonchev–Trinajstić information content (AvgIpc) is 2.73. The summed E-state index contributed by atoms with van der Waals surface area (Å²) in [4.78, 5) is 36.4. The van der Waals surface area contributed by atoms with Gasteiger partial charge in [-0.15, -0.1) is 0 Å². The molecule has 0 saturated heterocycles. The van der Waals surface area contributed by atoms with Crippen LogP contribution in [-0.2, 0) is 19.1 Å². The first kappa shape index (κ1) is 15.7. The molecule has 2 rings (SSSR count). The Bertz CT molecular complexity index is 665. The topological polar surface area (TPSA) is 83.9 Å². The van der Waals surface area contributed by atoms with Crippen LogP contribution in [0.1, 0.15) is 18.5 Å². The second-order valence-electron chi connectivity index (χ2n) is 4.78. The maximum atomic E-state index is 13.1. The molecule has 1 amide bonds. The molecule has 1 aliphatic rings. The number of carbonyl (C=O) groups is 3. The van der Waals surface area contributed by atoms with Crippen LogP contribution in [0.25, 0.3) is 0 Å². The number of Topliss-reactive ketones (excluding diaryl/α,β-unsaturated/α-hetero) is 1. The molecule has 1 aromatic carbocycles. The van der Waals surface area contributed by atoms with E-state index in [-0.39, 0.29) is 5.57 Å². The number of ketones is 1. The molecule has 0 bridgehead atoms. The fraction of sp³-hybridized carbons (Fsp3) is 0.267. The minimum absolute atomic E-state index is 0.125. The van der Waals surface area contributed by atoms with Gasteiger partial charge in [-0.2, -0.15) is 0 Å². The van der Waals surface area contributed by atoms with Crippen molar-refractivity contribution in [3.8, 4) is 0 Å². The molecule has 0 fully saturated rings. The second kappa shape index (κ2) is 5.97. The van der Waals surface area contributed by atoms with Gasteiger partial charge in [-0.3, -0.25) is 14.4 Å². The van der Waals surface area contributed by atoms with E-state index in [0.29, 0.717) is 5.56 Å². The lowest BCUT2D eigenvalue weighted by molar-refractivity contribution is -0.146.